The van der Waals surface area contributed by atoms with Crippen LogP contribution in [0.4, 0.5) is 0 Å². The molecule has 0 aromatic heterocycles. The van der Waals surface area contributed by atoms with Crippen molar-refractivity contribution in [3.05, 3.63) is 108 Å². The molecular formula is C23H24O2S2. The lowest BCUT2D eigenvalue weighted by molar-refractivity contribution is 0.0234. The smallest absolute Gasteiger partial charge is 0.143 e. The van der Waals surface area contributed by atoms with Gasteiger partial charge >= 0.3 is 0 Å². The van der Waals surface area contributed by atoms with Crippen LogP contribution >= 0.6 is 21.6 Å². The number of rotatable bonds is 10. The van der Waals surface area contributed by atoms with E-state index in [1.807, 2.05) is 18.2 Å². The van der Waals surface area contributed by atoms with Gasteiger partial charge in [-0.15, -0.1) is 0 Å². The summed E-state index contributed by atoms with van der Waals surface area (Å²) in [6, 6.07) is 31.3. The molecule has 0 radical (unpaired) electrons. The standard InChI is InChI=1S/C23H24O2S2/c24-16-18-26-27-19-17-25-23(20-10-4-1-5-11-20,21-12-6-2-7-13-21)22-14-8-3-9-15-22/h1-15,24H,16-19H2. The Hall–Kier alpha value is -1.72. The second-order valence-corrected chi connectivity index (χ2v) is 8.70. The van der Waals surface area contributed by atoms with Crippen molar-refractivity contribution >= 4 is 21.6 Å². The SMILES string of the molecule is OCCSSCCOC(c1ccccc1)(c1ccccc1)c1ccccc1. The summed E-state index contributed by atoms with van der Waals surface area (Å²) in [5.74, 6) is 1.60. The molecule has 4 heteroatoms. The maximum atomic E-state index is 8.93. The van der Waals surface area contributed by atoms with Crippen LogP contribution in [-0.4, -0.2) is 29.8 Å². The van der Waals surface area contributed by atoms with Crippen LogP contribution in [0.15, 0.2) is 91.0 Å². The third-order valence-electron chi connectivity index (χ3n) is 4.28. The molecule has 3 rings (SSSR count). The van der Waals surface area contributed by atoms with Gasteiger partial charge in [0.15, 0.2) is 0 Å². The van der Waals surface area contributed by atoms with Gasteiger partial charge in [-0.25, -0.2) is 0 Å². The first-order valence-electron chi connectivity index (χ1n) is 9.04. The zero-order chi connectivity index (χ0) is 18.8. The van der Waals surface area contributed by atoms with Gasteiger partial charge in [-0.05, 0) is 16.7 Å². The molecule has 0 fully saturated rings. The number of aliphatic hydroxyl groups is 1. The van der Waals surface area contributed by atoms with E-state index in [0.29, 0.717) is 6.61 Å². The summed E-state index contributed by atoms with van der Waals surface area (Å²) in [7, 11) is 3.41. The molecule has 0 saturated carbocycles. The summed E-state index contributed by atoms with van der Waals surface area (Å²) in [4.78, 5) is 0. The Labute approximate surface area is 169 Å². The number of benzene rings is 3. The van der Waals surface area contributed by atoms with E-state index in [4.69, 9.17) is 9.84 Å². The lowest BCUT2D eigenvalue weighted by atomic mass is 9.80. The summed E-state index contributed by atoms with van der Waals surface area (Å²) in [5.41, 5.74) is 2.72. The Morgan fingerprint density at radius 3 is 1.44 bits per heavy atom. The average Bonchev–Trinajstić information content (AvgIpc) is 2.75. The monoisotopic (exact) mass is 396 g/mol. The molecule has 0 heterocycles. The molecule has 0 unspecified atom stereocenters. The first kappa shape index (κ1) is 20.0. The van der Waals surface area contributed by atoms with E-state index in [0.717, 1.165) is 28.2 Å². The van der Waals surface area contributed by atoms with Crippen molar-refractivity contribution in [2.75, 3.05) is 24.7 Å². The zero-order valence-corrected chi connectivity index (χ0v) is 16.8. The molecule has 0 bridgehead atoms. The van der Waals surface area contributed by atoms with E-state index in [2.05, 4.69) is 72.8 Å². The molecule has 0 aliphatic carbocycles. The highest BCUT2D eigenvalue weighted by Crippen LogP contribution is 2.40. The predicted octanol–water partition coefficient (Wildman–Crippen LogP) is 5.37. The van der Waals surface area contributed by atoms with Crippen molar-refractivity contribution in [2.24, 2.45) is 0 Å². The number of aliphatic hydroxyl groups excluding tert-OH is 1. The molecule has 2 nitrogen and oxygen atoms in total. The van der Waals surface area contributed by atoms with Crippen molar-refractivity contribution in [2.45, 2.75) is 5.60 Å². The Balaban J connectivity index is 1.98. The summed E-state index contributed by atoms with van der Waals surface area (Å²) in [6.07, 6.45) is 0. The van der Waals surface area contributed by atoms with Gasteiger partial charge < -0.3 is 9.84 Å². The van der Waals surface area contributed by atoms with E-state index < -0.39 is 5.60 Å². The number of ether oxygens (including phenoxy) is 1. The van der Waals surface area contributed by atoms with Crippen molar-refractivity contribution in [3.8, 4) is 0 Å². The van der Waals surface area contributed by atoms with E-state index in [-0.39, 0.29) is 6.61 Å². The summed E-state index contributed by atoms with van der Waals surface area (Å²) >= 11 is 0. The third-order valence-corrected chi connectivity index (χ3v) is 6.63. The van der Waals surface area contributed by atoms with Crippen LogP contribution in [0.2, 0.25) is 0 Å². The third kappa shape index (κ3) is 4.96. The molecule has 3 aromatic rings. The Kier molecular flexibility index (Phi) is 7.84. The van der Waals surface area contributed by atoms with Crippen LogP contribution in [-0.2, 0) is 10.3 Å². The fraction of sp³-hybridized carbons (Fsp3) is 0.217. The Morgan fingerprint density at radius 1 is 0.630 bits per heavy atom. The van der Waals surface area contributed by atoms with Gasteiger partial charge in [-0.3, -0.25) is 0 Å². The predicted molar refractivity (Wildman–Crippen MR) is 117 cm³/mol. The minimum atomic E-state index is -0.647. The number of hydrogen-bond acceptors (Lipinski definition) is 4. The molecule has 3 aromatic carbocycles. The Bertz CT molecular complexity index is 683. The topological polar surface area (TPSA) is 29.5 Å². The molecule has 0 amide bonds. The van der Waals surface area contributed by atoms with Crippen LogP contribution in [0.5, 0.6) is 0 Å². The summed E-state index contributed by atoms with van der Waals surface area (Å²) in [6.45, 7) is 0.822. The van der Waals surface area contributed by atoms with Crippen molar-refractivity contribution in [1.82, 2.24) is 0 Å². The lowest BCUT2D eigenvalue weighted by Crippen LogP contribution is -2.33. The van der Waals surface area contributed by atoms with Crippen molar-refractivity contribution in [1.29, 1.82) is 0 Å². The first-order valence-corrected chi connectivity index (χ1v) is 11.5. The van der Waals surface area contributed by atoms with Gasteiger partial charge in [0.25, 0.3) is 0 Å². The normalized spacial score (nSPS) is 11.4. The highest BCUT2D eigenvalue weighted by Gasteiger charge is 2.37. The van der Waals surface area contributed by atoms with E-state index in [1.54, 1.807) is 21.6 Å². The molecule has 0 saturated heterocycles. The minimum absolute atomic E-state index is 0.209. The highest BCUT2D eigenvalue weighted by molar-refractivity contribution is 8.76. The van der Waals surface area contributed by atoms with Crippen LogP contribution in [0, 0.1) is 0 Å². The average molecular weight is 397 g/mol. The summed E-state index contributed by atoms with van der Waals surface area (Å²) in [5, 5.41) is 8.93. The maximum Gasteiger partial charge on any atom is 0.143 e. The van der Waals surface area contributed by atoms with Crippen molar-refractivity contribution < 1.29 is 9.84 Å². The van der Waals surface area contributed by atoms with Crippen molar-refractivity contribution in [3.63, 3.8) is 0 Å². The molecule has 140 valence electrons. The summed E-state index contributed by atoms with van der Waals surface area (Å²) < 4.78 is 6.67. The fourth-order valence-electron chi connectivity index (χ4n) is 3.15. The second-order valence-electron chi connectivity index (χ2n) is 6.00. The van der Waals surface area contributed by atoms with E-state index in [1.165, 1.54) is 0 Å². The molecule has 27 heavy (non-hydrogen) atoms. The zero-order valence-electron chi connectivity index (χ0n) is 15.2. The fourth-order valence-corrected chi connectivity index (χ4v) is 4.75. The quantitative estimate of drug-likeness (QED) is 0.283. The number of hydrogen-bond donors (Lipinski definition) is 1. The van der Waals surface area contributed by atoms with Crippen LogP contribution in [0.25, 0.3) is 0 Å². The van der Waals surface area contributed by atoms with Gasteiger partial charge in [-0.1, -0.05) is 113 Å². The molecular weight excluding hydrogens is 372 g/mol. The second kappa shape index (κ2) is 10.6. The Morgan fingerprint density at radius 2 is 1.04 bits per heavy atom. The van der Waals surface area contributed by atoms with Gasteiger partial charge in [0.1, 0.15) is 5.60 Å². The van der Waals surface area contributed by atoms with Gasteiger partial charge in [-0.2, -0.15) is 0 Å². The molecule has 0 atom stereocenters. The molecule has 0 aliphatic rings. The van der Waals surface area contributed by atoms with E-state index in [9.17, 15) is 0 Å². The van der Waals surface area contributed by atoms with Gasteiger partial charge in [0.2, 0.25) is 0 Å². The van der Waals surface area contributed by atoms with Crippen LogP contribution < -0.4 is 0 Å². The molecule has 1 N–H and O–H groups in total. The maximum absolute atomic E-state index is 8.93. The molecule has 0 aliphatic heterocycles. The van der Waals surface area contributed by atoms with Crippen LogP contribution in [0.1, 0.15) is 16.7 Å². The highest BCUT2D eigenvalue weighted by atomic mass is 33.1. The lowest BCUT2D eigenvalue weighted by Gasteiger charge is -2.36. The molecule has 0 spiro atoms. The van der Waals surface area contributed by atoms with Gasteiger partial charge in [0, 0.05) is 11.5 Å². The minimum Gasteiger partial charge on any atom is -0.395 e. The van der Waals surface area contributed by atoms with Gasteiger partial charge in [0.05, 0.1) is 13.2 Å². The van der Waals surface area contributed by atoms with E-state index >= 15 is 0 Å². The first-order chi connectivity index (χ1) is 13.4. The largest absolute Gasteiger partial charge is 0.395 e. The van der Waals surface area contributed by atoms with Crippen LogP contribution in [0.3, 0.4) is 0 Å².